The van der Waals surface area contributed by atoms with E-state index in [1.54, 1.807) is 18.9 Å². The number of benzene rings is 2. The maximum Gasteiger partial charge on any atom is 0.142 e. The minimum atomic E-state index is -0.140. The highest BCUT2D eigenvalue weighted by molar-refractivity contribution is 8.03. The van der Waals surface area contributed by atoms with E-state index < -0.39 is 0 Å². The number of nitrogens with zero attached hydrogens (tertiary/aromatic N) is 1. The number of rotatable bonds is 2. The molecule has 0 fully saturated rings. The number of para-hydroxylation sites is 2. The molecule has 0 radical (unpaired) electrons. The number of methoxy groups -OCH3 is 1. The molecule has 0 bridgehead atoms. The summed E-state index contributed by atoms with van der Waals surface area (Å²) in [5, 5.41) is 1.17. The van der Waals surface area contributed by atoms with Gasteiger partial charge < -0.3 is 14.4 Å². The van der Waals surface area contributed by atoms with Crippen molar-refractivity contribution >= 4 is 23.2 Å². The first-order valence-corrected chi connectivity index (χ1v) is 8.32. The highest BCUT2D eigenvalue weighted by Gasteiger charge is 2.25. The predicted octanol–water partition coefficient (Wildman–Crippen LogP) is 4.52. The first-order valence-electron chi connectivity index (χ1n) is 7.50. The fraction of sp³-hybridized carbons (Fsp3) is 0.158. The lowest BCUT2D eigenvalue weighted by atomic mass is 10.1. The molecule has 2 aliphatic rings. The van der Waals surface area contributed by atoms with Crippen molar-refractivity contribution in [3.05, 3.63) is 71.3 Å². The summed E-state index contributed by atoms with van der Waals surface area (Å²) >= 11 is 1.77. The van der Waals surface area contributed by atoms with Crippen LogP contribution in [0.5, 0.6) is 5.75 Å². The van der Waals surface area contributed by atoms with Crippen molar-refractivity contribution in [2.45, 2.75) is 11.0 Å². The van der Waals surface area contributed by atoms with Gasteiger partial charge in [-0.1, -0.05) is 36.0 Å². The second kappa shape index (κ2) is 5.70. The lowest BCUT2D eigenvalue weighted by Crippen LogP contribution is -2.19. The second-order valence-corrected chi connectivity index (χ2v) is 6.51. The third kappa shape index (κ3) is 2.49. The van der Waals surface area contributed by atoms with Crippen LogP contribution in [0.2, 0.25) is 0 Å². The van der Waals surface area contributed by atoms with E-state index in [2.05, 4.69) is 42.3 Å². The fourth-order valence-corrected chi connectivity index (χ4v) is 3.98. The molecular formula is C19H17NO2S. The molecule has 0 spiro atoms. The Bertz CT molecular complexity index is 813. The van der Waals surface area contributed by atoms with Crippen molar-refractivity contribution in [1.82, 2.24) is 0 Å². The Morgan fingerprint density at radius 3 is 2.74 bits per heavy atom. The molecule has 4 rings (SSSR count). The Kier molecular flexibility index (Phi) is 3.54. The Balaban J connectivity index is 1.66. The smallest absolute Gasteiger partial charge is 0.142 e. The maximum absolute atomic E-state index is 6.10. The number of anilines is 1. The third-order valence-electron chi connectivity index (χ3n) is 4.03. The van der Waals surface area contributed by atoms with E-state index in [1.165, 1.54) is 15.6 Å². The van der Waals surface area contributed by atoms with E-state index in [9.17, 15) is 0 Å². The minimum absolute atomic E-state index is 0.140. The lowest BCUT2D eigenvalue weighted by Gasteiger charge is -2.24. The fourth-order valence-electron chi connectivity index (χ4n) is 2.86. The van der Waals surface area contributed by atoms with Gasteiger partial charge in [0.05, 0.1) is 23.4 Å². The summed E-state index contributed by atoms with van der Waals surface area (Å²) in [6, 6.07) is 16.4. The van der Waals surface area contributed by atoms with Gasteiger partial charge in [0.2, 0.25) is 0 Å². The highest BCUT2D eigenvalue weighted by atomic mass is 32.2. The minimum Gasteiger partial charge on any atom is -0.496 e. The molecule has 0 saturated carbocycles. The number of fused-ring (bicyclic) bond motifs is 2. The van der Waals surface area contributed by atoms with Crippen LogP contribution in [0.25, 0.3) is 5.76 Å². The standard InChI is InChI=1S/C19H17NO2S/c1-20-15-8-4-6-10-18(15)23-19(20)12-13-11-17(21-2)14-7-3-5-9-16(14)22-13/h3-13H,1-2H3. The van der Waals surface area contributed by atoms with Crippen LogP contribution in [0.1, 0.15) is 5.56 Å². The van der Waals surface area contributed by atoms with Gasteiger partial charge in [0, 0.05) is 18.0 Å². The summed E-state index contributed by atoms with van der Waals surface area (Å²) in [4.78, 5) is 3.47. The average molecular weight is 323 g/mol. The first-order chi connectivity index (χ1) is 11.3. The number of hydrogen-bond acceptors (Lipinski definition) is 4. The zero-order valence-electron chi connectivity index (χ0n) is 13.0. The molecule has 23 heavy (non-hydrogen) atoms. The zero-order valence-corrected chi connectivity index (χ0v) is 13.8. The topological polar surface area (TPSA) is 21.7 Å². The van der Waals surface area contributed by atoms with Crippen molar-refractivity contribution in [2.75, 3.05) is 19.1 Å². The van der Waals surface area contributed by atoms with Gasteiger partial charge in [-0.05, 0) is 30.3 Å². The number of hydrogen-bond donors (Lipinski definition) is 0. The van der Waals surface area contributed by atoms with Gasteiger partial charge in [0.15, 0.2) is 0 Å². The highest BCUT2D eigenvalue weighted by Crippen LogP contribution is 2.45. The maximum atomic E-state index is 6.10. The van der Waals surface area contributed by atoms with Crippen LogP contribution >= 0.6 is 11.8 Å². The number of ether oxygens (including phenoxy) is 2. The van der Waals surface area contributed by atoms with Crippen LogP contribution in [-0.4, -0.2) is 20.3 Å². The van der Waals surface area contributed by atoms with Crippen molar-refractivity contribution in [2.24, 2.45) is 0 Å². The molecule has 0 N–H and O–H groups in total. The molecule has 0 saturated heterocycles. The molecule has 0 aromatic heterocycles. The van der Waals surface area contributed by atoms with E-state index in [1.807, 2.05) is 30.3 Å². The van der Waals surface area contributed by atoms with E-state index >= 15 is 0 Å². The first kappa shape index (κ1) is 14.3. The van der Waals surface area contributed by atoms with Gasteiger partial charge in [0.25, 0.3) is 0 Å². The summed E-state index contributed by atoms with van der Waals surface area (Å²) in [6.45, 7) is 0. The SMILES string of the molecule is COC1=CC(C=C2Sc3ccccc3N2C)Oc2ccccc21. The van der Waals surface area contributed by atoms with Crippen molar-refractivity contribution in [1.29, 1.82) is 0 Å². The molecule has 2 aromatic carbocycles. The molecule has 2 aliphatic heterocycles. The van der Waals surface area contributed by atoms with Gasteiger partial charge in [-0.25, -0.2) is 0 Å². The molecule has 116 valence electrons. The van der Waals surface area contributed by atoms with Crippen molar-refractivity contribution in [3.8, 4) is 5.75 Å². The van der Waals surface area contributed by atoms with Crippen LogP contribution in [0.15, 0.2) is 70.6 Å². The lowest BCUT2D eigenvalue weighted by molar-refractivity contribution is 0.273. The molecule has 0 aliphatic carbocycles. The quantitative estimate of drug-likeness (QED) is 0.810. The summed E-state index contributed by atoms with van der Waals surface area (Å²) in [7, 11) is 3.78. The molecule has 2 aromatic rings. The molecule has 0 amide bonds. The third-order valence-corrected chi connectivity index (χ3v) is 5.21. The monoisotopic (exact) mass is 323 g/mol. The van der Waals surface area contributed by atoms with Gasteiger partial charge in [-0.3, -0.25) is 0 Å². The Morgan fingerprint density at radius 1 is 1.13 bits per heavy atom. The van der Waals surface area contributed by atoms with Gasteiger partial charge >= 0.3 is 0 Å². The largest absolute Gasteiger partial charge is 0.496 e. The van der Waals surface area contributed by atoms with Gasteiger partial charge in [-0.15, -0.1) is 0 Å². The Labute approximate surface area is 140 Å². The summed E-state index contributed by atoms with van der Waals surface area (Å²) < 4.78 is 11.6. The molecule has 1 atom stereocenters. The van der Waals surface area contributed by atoms with Crippen LogP contribution in [0, 0.1) is 0 Å². The number of thioether (sulfide) groups is 1. The second-order valence-electron chi connectivity index (χ2n) is 5.45. The van der Waals surface area contributed by atoms with Gasteiger partial charge in [-0.2, -0.15) is 0 Å². The van der Waals surface area contributed by atoms with Gasteiger partial charge in [0.1, 0.15) is 17.6 Å². The molecule has 2 heterocycles. The van der Waals surface area contributed by atoms with Crippen molar-refractivity contribution in [3.63, 3.8) is 0 Å². The zero-order chi connectivity index (χ0) is 15.8. The van der Waals surface area contributed by atoms with E-state index in [0.29, 0.717) is 0 Å². The van der Waals surface area contributed by atoms with E-state index in [-0.39, 0.29) is 6.10 Å². The van der Waals surface area contributed by atoms with Crippen LogP contribution < -0.4 is 9.64 Å². The molecule has 3 nitrogen and oxygen atoms in total. The molecule has 4 heteroatoms. The van der Waals surface area contributed by atoms with E-state index in [0.717, 1.165) is 17.1 Å². The summed E-state index contributed by atoms with van der Waals surface area (Å²) in [5.74, 6) is 1.72. The normalized spacial score (nSPS) is 20.6. The summed E-state index contributed by atoms with van der Waals surface area (Å²) in [5.41, 5.74) is 2.23. The van der Waals surface area contributed by atoms with Crippen LogP contribution in [-0.2, 0) is 4.74 Å². The van der Waals surface area contributed by atoms with Crippen molar-refractivity contribution < 1.29 is 9.47 Å². The Morgan fingerprint density at radius 2 is 1.91 bits per heavy atom. The average Bonchev–Trinajstić information content (AvgIpc) is 2.90. The Hall–Kier alpha value is -2.33. The summed E-state index contributed by atoms with van der Waals surface area (Å²) in [6.07, 6.45) is 4.02. The van der Waals surface area contributed by atoms with E-state index in [4.69, 9.17) is 9.47 Å². The predicted molar refractivity (Wildman–Crippen MR) is 94.6 cm³/mol. The molecule has 1 unspecified atom stereocenters. The van der Waals surface area contributed by atoms with Crippen LogP contribution in [0.4, 0.5) is 5.69 Å². The van der Waals surface area contributed by atoms with Crippen LogP contribution in [0.3, 0.4) is 0 Å². The molecular weight excluding hydrogens is 306 g/mol.